The molecule has 2 N–H and O–H groups in total. The Morgan fingerprint density at radius 2 is 1.89 bits per heavy atom. The molecule has 1 aliphatic carbocycles. The molecular formula is C15H28N2O. The fourth-order valence-electron chi connectivity index (χ4n) is 3.31. The summed E-state index contributed by atoms with van der Waals surface area (Å²) < 4.78 is 0. The third-order valence-electron chi connectivity index (χ3n) is 4.80. The summed E-state index contributed by atoms with van der Waals surface area (Å²) in [6.07, 6.45) is 7.43. The van der Waals surface area contributed by atoms with Gasteiger partial charge in [-0.1, -0.05) is 19.8 Å². The van der Waals surface area contributed by atoms with Crippen molar-refractivity contribution in [1.29, 1.82) is 0 Å². The Hall–Kier alpha value is -0.570. The third kappa shape index (κ3) is 3.71. The van der Waals surface area contributed by atoms with E-state index >= 15 is 0 Å². The van der Waals surface area contributed by atoms with E-state index in [0.717, 1.165) is 37.8 Å². The maximum atomic E-state index is 12.2. The lowest BCUT2D eigenvalue weighted by Gasteiger charge is -2.30. The van der Waals surface area contributed by atoms with Crippen molar-refractivity contribution in [3.63, 3.8) is 0 Å². The fraction of sp³-hybridized carbons (Fsp3) is 0.933. The van der Waals surface area contributed by atoms with E-state index in [1.165, 1.54) is 25.7 Å². The van der Waals surface area contributed by atoms with Crippen LogP contribution in [-0.4, -0.2) is 25.0 Å². The molecule has 18 heavy (non-hydrogen) atoms. The molecule has 2 unspecified atom stereocenters. The van der Waals surface area contributed by atoms with Gasteiger partial charge in [-0.3, -0.25) is 4.79 Å². The Labute approximate surface area is 111 Å². The van der Waals surface area contributed by atoms with Crippen LogP contribution in [0.3, 0.4) is 0 Å². The van der Waals surface area contributed by atoms with Gasteiger partial charge >= 0.3 is 0 Å². The van der Waals surface area contributed by atoms with E-state index in [1.54, 1.807) is 0 Å². The molecule has 2 rings (SSSR count). The van der Waals surface area contributed by atoms with Crippen LogP contribution >= 0.6 is 0 Å². The molecule has 1 saturated carbocycles. The average Bonchev–Trinajstić information content (AvgIpc) is 2.38. The molecule has 1 heterocycles. The second kappa shape index (κ2) is 6.55. The lowest BCUT2D eigenvalue weighted by Crippen LogP contribution is -2.47. The van der Waals surface area contributed by atoms with Crippen molar-refractivity contribution in [2.24, 2.45) is 17.8 Å². The number of hydrogen-bond acceptors (Lipinski definition) is 2. The molecule has 2 fully saturated rings. The summed E-state index contributed by atoms with van der Waals surface area (Å²) in [4.78, 5) is 12.2. The molecule has 3 nitrogen and oxygen atoms in total. The molecule has 0 spiro atoms. The van der Waals surface area contributed by atoms with Gasteiger partial charge in [-0.25, -0.2) is 0 Å². The van der Waals surface area contributed by atoms with Crippen LogP contribution in [0.4, 0.5) is 0 Å². The van der Waals surface area contributed by atoms with Gasteiger partial charge in [-0.2, -0.15) is 0 Å². The number of amides is 1. The summed E-state index contributed by atoms with van der Waals surface area (Å²) in [5.41, 5.74) is 0. The smallest absolute Gasteiger partial charge is 0.224 e. The van der Waals surface area contributed by atoms with Crippen LogP contribution in [0.25, 0.3) is 0 Å². The van der Waals surface area contributed by atoms with E-state index in [4.69, 9.17) is 0 Å². The van der Waals surface area contributed by atoms with Crippen molar-refractivity contribution in [3.05, 3.63) is 0 Å². The zero-order valence-electron chi connectivity index (χ0n) is 11.9. The maximum absolute atomic E-state index is 12.2. The SMILES string of the molecule is CC1CCC(CNC(=O)C2CCCNC2C)CC1. The summed E-state index contributed by atoms with van der Waals surface area (Å²) >= 11 is 0. The first-order valence-corrected chi connectivity index (χ1v) is 7.68. The molecule has 2 aliphatic rings. The van der Waals surface area contributed by atoms with Crippen LogP contribution in [0.1, 0.15) is 52.4 Å². The van der Waals surface area contributed by atoms with Crippen LogP contribution in [0.2, 0.25) is 0 Å². The topological polar surface area (TPSA) is 41.1 Å². The maximum Gasteiger partial charge on any atom is 0.224 e. The van der Waals surface area contributed by atoms with E-state index in [2.05, 4.69) is 24.5 Å². The first-order chi connectivity index (χ1) is 8.66. The van der Waals surface area contributed by atoms with Crippen molar-refractivity contribution >= 4 is 5.91 Å². The zero-order chi connectivity index (χ0) is 13.0. The molecule has 2 atom stereocenters. The quantitative estimate of drug-likeness (QED) is 0.809. The molecule has 0 aromatic rings. The van der Waals surface area contributed by atoms with Crippen LogP contribution in [0.5, 0.6) is 0 Å². The minimum Gasteiger partial charge on any atom is -0.356 e. The standard InChI is InChI=1S/C15H28N2O/c1-11-5-7-13(8-6-11)10-17-15(18)14-4-3-9-16-12(14)2/h11-14,16H,3-10H2,1-2H3,(H,17,18). The van der Waals surface area contributed by atoms with Crippen LogP contribution < -0.4 is 10.6 Å². The monoisotopic (exact) mass is 252 g/mol. The van der Waals surface area contributed by atoms with Crippen LogP contribution in [0.15, 0.2) is 0 Å². The molecule has 104 valence electrons. The van der Waals surface area contributed by atoms with Gasteiger partial charge in [0.2, 0.25) is 5.91 Å². The molecule has 1 aliphatic heterocycles. The van der Waals surface area contributed by atoms with Crippen molar-refractivity contribution in [2.45, 2.75) is 58.4 Å². The van der Waals surface area contributed by atoms with Gasteiger partial charge in [0.25, 0.3) is 0 Å². The Morgan fingerprint density at radius 3 is 2.56 bits per heavy atom. The summed E-state index contributed by atoms with van der Waals surface area (Å²) in [5, 5.41) is 6.58. The molecule has 1 saturated heterocycles. The first kappa shape index (κ1) is 13.9. The lowest BCUT2D eigenvalue weighted by atomic mass is 9.83. The van der Waals surface area contributed by atoms with Gasteiger partial charge in [-0.15, -0.1) is 0 Å². The highest BCUT2D eigenvalue weighted by atomic mass is 16.1. The summed E-state index contributed by atoms with van der Waals surface area (Å²) in [6, 6.07) is 0.338. The highest BCUT2D eigenvalue weighted by molar-refractivity contribution is 5.79. The van der Waals surface area contributed by atoms with Gasteiger partial charge in [0.15, 0.2) is 0 Å². The van der Waals surface area contributed by atoms with Crippen molar-refractivity contribution < 1.29 is 4.79 Å². The fourth-order valence-corrected chi connectivity index (χ4v) is 3.31. The molecule has 0 aromatic carbocycles. The van der Waals surface area contributed by atoms with E-state index in [9.17, 15) is 4.79 Å². The summed E-state index contributed by atoms with van der Waals surface area (Å²) in [7, 11) is 0. The Bertz CT molecular complexity index is 272. The number of piperidine rings is 1. The van der Waals surface area contributed by atoms with Crippen LogP contribution in [-0.2, 0) is 4.79 Å². The van der Waals surface area contributed by atoms with Crippen molar-refractivity contribution in [2.75, 3.05) is 13.1 Å². The van der Waals surface area contributed by atoms with Gasteiger partial charge in [0.1, 0.15) is 0 Å². The summed E-state index contributed by atoms with van der Waals surface area (Å²) in [6.45, 7) is 6.43. The predicted molar refractivity (Wildman–Crippen MR) is 74.3 cm³/mol. The second-order valence-electron chi connectivity index (χ2n) is 6.36. The largest absolute Gasteiger partial charge is 0.356 e. The Balaban J connectivity index is 1.71. The lowest BCUT2D eigenvalue weighted by molar-refractivity contribution is -0.126. The number of nitrogens with one attached hydrogen (secondary N) is 2. The second-order valence-corrected chi connectivity index (χ2v) is 6.36. The number of carbonyl (C=O) groups is 1. The van der Waals surface area contributed by atoms with E-state index < -0.39 is 0 Å². The van der Waals surface area contributed by atoms with Gasteiger partial charge in [0.05, 0.1) is 5.92 Å². The first-order valence-electron chi connectivity index (χ1n) is 7.68. The number of hydrogen-bond donors (Lipinski definition) is 2. The third-order valence-corrected chi connectivity index (χ3v) is 4.80. The van der Waals surface area contributed by atoms with Gasteiger partial charge in [0, 0.05) is 12.6 Å². The molecule has 0 radical (unpaired) electrons. The van der Waals surface area contributed by atoms with Crippen molar-refractivity contribution in [1.82, 2.24) is 10.6 Å². The van der Waals surface area contributed by atoms with Crippen molar-refractivity contribution in [3.8, 4) is 0 Å². The normalized spacial score (nSPS) is 37.2. The Morgan fingerprint density at radius 1 is 1.17 bits per heavy atom. The molecular weight excluding hydrogens is 224 g/mol. The molecule has 1 amide bonds. The van der Waals surface area contributed by atoms with Crippen LogP contribution in [0, 0.1) is 17.8 Å². The van der Waals surface area contributed by atoms with E-state index in [1.807, 2.05) is 0 Å². The molecule has 0 bridgehead atoms. The molecule has 3 heteroatoms. The summed E-state index contributed by atoms with van der Waals surface area (Å²) in [5.74, 6) is 2.06. The van der Waals surface area contributed by atoms with E-state index in [0.29, 0.717) is 6.04 Å². The minimum absolute atomic E-state index is 0.182. The van der Waals surface area contributed by atoms with Gasteiger partial charge in [-0.05, 0) is 51.0 Å². The highest BCUT2D eigenvalue weighted by Crippen LogP contribution is 2.27. The number of rotatable bonds is 3. The highest BCUT2D eigenvalue weighted by Gasteiger charge is 2.28. The Kier molecular flexibility index (Phi) is 5.04. The zero-order valence-corrected chi connectivity index (χ0v) is 11.9. The number of carbonyl (C=O) groups excluding carboxylic acids is 1. The minimum atomic E-state index is 0.182. The average molecular weight is 252 g/mol. The molecule has 0 aromatic heterocycles. The van der Waals surface area contributed by atoms with E-state index in [-0.39, 0.29) is 11.8 Å². The van der Waals surface area contributed by atoms with Gasteiger partial charge < -0.3 is 10.6 Å². The predicted octanol–water partition coefficient (Wildman–Crippen LogP) is 2.32.